The second-order valence-electron chi connectivity index (χ2n) is 6.49. The summed E-state index contributed by atoms with van der Waals surface area (Å²) in [6.07, 6.45) is -13.3. The fourth-order valence-corrected chi connectivity index (χ4v) is 4.30. The molecule has 176 valence electrons. The average Bonchev–Trinajstić information content (AvgIpc) is 2.57. The van der Waals surface area contributed by atoms with Gasteiger partial charge in [0.05, 0.1) is 0 Å². The summed E-state index contributed by atoms with van der Waals surface area (Å²) in [5.74, 6) is -15.2. The lowest BCUT2D eigenvalue weighted by molar-refractivity contribution is -0.303. The highest BCUT2D eigenvalue weighted by atomic mass is 35.5. The molecule has 0 saturated carbocycles. The summed E-state index contributed by atoms with van der Waals surface area (Å²) in [4.78, 5) is 0. The van der Waals surface area contributed by atoms with Crippen LogP contribution in [0.1, 0.15) is 39.5 Å². The fraction of sp³-hybridized carbons (Fsp3) is 1.00. The van der Waals surface area contributed by atoms with Gasteiger partial charge in [0.15, 0.2) is 0 Å². The number of hydrogen-bond acceptors (Lipinski definition) is 1. The zero-order valence-corrected chi connectivity index (χ0v) is 17.8. The van der Waals surface area contributed by atoms with Crippen LogP contribution < -0.4 is 0 Å². The van der Waals surface area contributed by atoms with Crippen molar-refractivity contribution < 1.29 is 43.9 Å². The largest absolute Gasteiger partial charge is 0.453 e. The summed E-state index contributed by atoms with van der Waals surface area (Å²) < 4.78 is 130. The molecular weight excluding hydrogens is 485 g/mol. The zero-order valence-electron chi connectivity index (χ0n) is 15.5. The molecule has 0 radical (unpaired) electrons. The molecule has 0 aliphatic carbocycles. The van der Waals surface area contributed by atoms with Crippen LogP contribution in [0.15, 0.2) is 0 Å². The van der Waals surface area contributed by atoms with Gasteiger partial charge in [-0.3, -0.25) is 0 Å². The minimum atomic E-state index is -5.81. The standard InChI is InChI=1S/C16H22Cl2F10S/c1-3-11(17)9(13(19,20)15(23,24)25)5-7-29-8-6-10(12(18)4-2)14(21,22)16(26,27)28/h9-12H,3-8H2,1-2H3. The van der Waals surface area contributed by atoms with Crippen molar-refractivity contribution in [2.24, 2.45) is 11.8 Å². The van der Waals surface area contributed by atoms with E-state index in [2.05, 4.69) is 0 Å². The number of hydrogen-bond donors (Lipinski definition) is 0. The Bertz CT molecular complexity index is 439. The Labute approximate surface area is 177 Å². The van der Waals surface area contributed by atoms with Crippen molar-refractivity contribution in [2.75, 3.05) is 11.5 Å². The molecule has 0 spiro atoms. The molecule has 0 N–H and O–H groups in total. The molecule has 0 rings (SSSR count). The van der Waals surface area contributed by atoms with E-state index in [0.29, 0.717) is 11.8 Å². The summed E-state index contributed by atoms with van der Waals surface area (Å²) in [7, 11) is 0. The van der Waals surface area contributed by atoms with Crippen molar-refractivity contribution in [3.8, 4) is 0 Å². The molecular formula is C16H22Cl2F10S. The summed E-state index contributed by atoms with van der Waals surface area (Å²) in [5.41, 5.74) is 0. The van der Waals surface area contributed by atoms with Crippen molar-refractivity contribution in [3.05, 3.63) is 0 Å². The van der Waals surface area contributed by atoms with Gasteiger partial charge in [-0.2, -0.15) is 55.7 Å². The summed E-state index contributed by atoms with van der Waals surface area (Å²) in [6.45, 7) is 2.67. The maximum Gasteiger partial charge on any atom is 0.453 e. The molecule has 0 nitrogen and oxygen atoms in total. The second-order valence-corrected chi connectivity index (χ2v) is 8.84. The molecule has 0 fully saturated rings. The summed E-state index contributed by atoms with van der Waals surface area (Å²) >= 11 is 11.9. The van der Waals surface area contributed by atoms with Gasteiger partial charge in [0.2, 0.25) is 0 Å². The van der Waals surface area contributed by atoms with Crippen molar-refractivity contribution in [1.29, 1.82) is 0 Å². The van der Waals surface area contributed by atoms with Gasteiger partial charge in [-0.05, 0) is 37.2 Å². The topological polar surface area (TPSA) is 0 Å². The zero-order chi connectivity index (χ0) is 23.3. The SMILES string of the molecule is CCC(Cl)C(CCSCCC(C(Cl)CC)C(F)(F)C(F)(F)F)C(F)(F)C(F)(F)F. The molecule has 0 saturated heterocycles. The Balaban J connectivity index is 4.98. The number of halogens is 12. The molecule has 0 bridgehead atoms. The van der Waals surface area contributed by atoms with E-state index in [9.17, 15) is 43.9 Å². The Morgan fingerprint density at radius 2 is 0.897 bits per heavy atom. The highest BCUT2D eigenvalue weighted by Gasteiger charge is 2.64. The normalized spacial score (nSPS) is 18.4. The molecule has 0 heterocycles. The van der Waals surface area contributed by atoms with E-state index in [0.717, 1.165) is 0 Å². The van der Waals surface area contributed by atoms with Crippen LogP contribution in [0.3, 0.4) is 0 Å². The third-order valence-electron chi connectivity index (χ3n) is 4.49. The third kappa shape index (κ3) is 7.70. The van der Waals surface area contributed by atoms with E-state index in [1.165, 1.54) is 13.8 Å². The first-order valence-electron chi connectivity index (χ1n) is 8.69. The van der Waals surface area contributed by atoms with Gasteiger partial charge < -0.3 is 0 Å². The predicted molar refractivity (Wildman–Crippen MR) is 95.4 cm³/mol. The van der Waals surface area contributed by atoms with E-state index >= 15 is 0 Å². The maximum absolute atomic E-state index is 13.6. The second kappa shape index (κ2) is 11.2. The number of thioether (sulfide) groups is 1. The predicted octanol–water partition coefficient (Wildman–Crippen LogP) is 8.16. The van der Waals surface area contributed by atoms with Gasteiger partial charge in [0.25, 0.3) is 0 Å². The van der Waals surface area contributed by atoms with Crippen LogP contribution in [0.4, 0.5) is 43.9 Å². The van der Waals surface area contributed by atoms with Crippen LogP contribution in [-0.2, 0) is 0 Å². The highest BCUT2D eigenvalue weighted by Crippen LogP contribution is 2.47. The van der Waals surface area contributed by atoms with Gasteiger partial charge in [-0.1, -0.05) is 13.8 Å². The number of alkyl halides is 12. The first kappa shape index (κ1) is 29.2. The van der Waals surface area contributed by atoms with Gasteiger partial charge in [0.1, 0.15) is 0 Å². The molecule has 0 aromatic rings. The van der Waals surface area contributed by atoms with Crippen LogP contribution >= 0.6 is 35.0 Å². The first-order chi connectivity index (χ1) is 12.9. The Hall–Kier alpha value is 0.230. The minimum Gasteiger partial charge on any atom is -0.196 e. The monoisotopic (exact) mass is 506 g/mol. The van der Waals surface area contributed by atoms with Gasteiger partial charge in [0, 0.05) is 22.6 Å². The molecule has 0 aromatic heterocycles. The van der Waals surface area contributed by atoms with Crippen molar-refractivity contribution in [2.45, 2.75) is 74.5 Å². The van der Waals surface area contributed by atoms with E-state index in [1.54, 1.807) is 0 Å². The lowest BCUT2D eigenvalue weighted by Crippen LogP contribution is -2.47. The van der Waals surface area contributed by atoms with Gasteiger partial charge in [-0.25, -0.2) is 0 Å². The minimum absolute atomic E-state index is 0.160. The molecule has 0 aromatic carbocycles. The van der Waals surface area contributed by atoms with Crippen molar-refractivity contribution in [3.63, 3.8) is 0 Å². The Morgan fingerprint density at radius 3 is 1.10 bits per heavy atom. The summed E-state index contributed by atoms with van der Waals surface area (Å²) in [6, 6.07) is 0. The quantitative estimate of drug-likeness (QED) is 0.146. The van der Waals surface area contributed by atoms with E-state index in [-0.39, 0.29) is 24.3 Å². The van der Waals surface area contributed by atoms with E-state index in [4.69, 9.17) is 23.2 Å². The molecule has 0 aliphatic heterocycles. The average molecular weight is 507 g/mol. The lowest BCUT2D eigenvalue weighted by atomic mass is 9.92. The fourth-order valence-electron chi connectivity index (χ4n) is 2.69. The molecule has 29 heavy (non-hydrogen) atoms. The summed E-state index contributed by atoms with van der Waals surface area (Å²) in [5, 5.41) is -2.97. The van der Waals surface area contributed by atoms with Gasteiger partial charge >= 0.3 is 24.2 Å². The molecule has 13 heteroatoms. The van der Waals surface area contributed by atoms with Crippen molar-refractivity contribution >= 4 is 35.0 Å². The van der Waals surface area contributed by atoms with Crippen LogP contribution in [0.5, 0.6) is 0 Å². The van der Waals surface area contributed by atoms with Crippen molar-refractivity contribution in [1.82, 2.24) is 0 Å². The first-order valence-corrected chi connectivity index (χ1v) is 10.7. The van der Waals surface area contributed by atoms with E-state index in [1.807, 2.05) is 0 Å². The highest BCUT2D eigenvalue weighted by molar-refractivity contribution is 7.99. The van der Waals surface area contributed by atoms with Crippen LogP contribution in [0.2, 0.25) is 0 Å². The van der Waals surface area contributed by atoms with E-state index < -0.39 is 59.6 Å². The van der Waals surface area contributed by atoms with Crippen LogP contribution in [0.25, 0.3) is 0 Å². The number of rotatable bonds is 12. The molecule has 0 amide bonds. The molecule has 4 atom stereocenters. The molecule has 4 unspecified atom stereocenters. The molecule has 0 aliphatic rings. The third-order valence-corrected chi connectivity index (χ3v) is 6.76. The Morgan fingerprint density at radius 1 is 0.621 bits per heavy atom. The Kier molecular flexibility index (Phi) is 11.3. The lowest BCUT2D eigenvalue weighted by Gasteiger charge is -2.32. The maximum atomic E-state index is 13.6. The van der Waals surface area contributed by atoms with Gasteiger partial charge in [-0.15, -0.1) is 23.2 Å². The van der Waals surface area contributed by atoms with Crippen LogP contribution in [-0.4, -0.2) is 46.5 Å². The smallest absolute Gasteiger partial charge is 0.196 e. The van der Waals surface area contributed by atoms with Crippen LogP contribution in [0, 0.1) is 11.8 Å².